The van der Waals surface area contributed by atoms with Gasteiger partial charge in [-0.15, -0.1) is 0 Å². The summed E-state index contributed by atoms with van der Waals surface area (Å²) in [5.41, 5.74) is 7.80. The van der Waals surface area contributed by atoms with Gasteiger partial charge in [-0.05, 0) is 47.7 Å². The van der Waals surface area contributed by atoms with Crippen molar-refractivity contribution in [2.24, 2.45) is 5.84 Å². The Morgan fingerprint density at radius 2 is 1.79 bits per heavy atom. The largest absolute Gasteiger partial charge is 0.271 e. The fraction of sp³-hybridized carbons (Fsp3) is 0.250. The van der Waals surface area contributed by atoms with Gasteiger partial charge in [0.25, 0.3) is 0 Å². The van der Waals surface area contributed by atoms with E-state index in [1.807, 2.05) is 0 Å². The molecule has 0 aliphatic heterocycles. The molecule has 0 saturated heterocycles. The Morgan fingerprint density at radius 1 is 1.11 bits per heavy atom. The number of halogens is 1. The number of hydrazine groups is 1. The molecule has 0 radical (unpaired) electrons. The lowest BCUT2D eigenvalue weighted by Gasteiger charge is -2.18. The highest BCUT2D eigenvalue weighted by molar-refractivity contribution is 9.10. The van der Waals surface area contributed by atoms with Crippen LogP contribution in [0.25, 0.3) is 0 Å². The molecule has 0 saturated carbocycles. The third kappa shape index (κ3) is 3.44. The molecule has 3 N–H and O–H groups in total. The van der Waals surface area contributed by atoms with Crippen LogP contribution in [0.3, 0.4) is 0 Å². The highest BCUT2D eigenvalue weighted by atomic mass is 79.9. The molecule has 0 aliphatic carbocycles. The van der Waals surface area contributed by atoms with Crippen LogP contribution in [0.15, 0.2) is 46.9 Å². The molecule has 0 heterocycles. The van der Waals surface area contributed by atoms with E-state index in [-0.39, 0.29) is 6.04 Å². The predicted octanol–water partition coefficient (Wildman–Crippen LogP) is 3.87. The van der Waals surface area contributed by atoms with Crippen molar-refractivity contribution in [3.05, 3.63) is 69.2 Å². The monoisotopic (exact) mass is 318 g/mol. The lowest BCUT2D eigenvalue weighted by atomic mass is 9.97. The molecular weight excluding hydrogens is 300 g/mol. The van der Waals surface area contributed by atoms with E-state index >= 15 is 0 Å². The highest BCUT2D eigenvalue weighted by Crippen LogP contribution is 2.25. The molecule has 0 fully saturated rings. The first-order valence-corrected chi connectivity index (χ1v) is 7.25. The summed E-state index contributed by atoms with van der Waals surface area (Å²) in [5.74, 6) is 5.74. The van der Waals surface area contributed by atoms with Gasteiger partial charge in [0.2, 0.25) is 0 Å². The van der Waals surface area contributed by atoms with Gasteiger partial charge in [-0.1, -0.05) is 53.2 Å². The van der Waals surface area contributed by atoms with Crippen LogP contribution in [0.2, 0.25) is 0 Å². The SMILES string of the molecule is CCc1ccc(C(NN)c2cc(C)cc(Br)c2)cc1. The van der Waals surface area contributed by atoms with E-state index in [0.29, 0.717) is 0 Å². The van der Waals surface area contributed by atoms with Crippen LogP contribution in [0, 0.1) is 6.92 Å². The van der Waals surface area contributed by atoms with Crippen molar-refractivity contribution in [2.45, 2.75) is 26.3 Å². The second-order valence-electron chi connectivity index (χ2n) is 4.76. The van der Waals surface area contributed by atoms with E-state index < -0.39 is 0 Å². The van der Waals surface area contributed by atoms with Gasteiger partial charge in [-0.25, -0.2) is 5.43 Å². The third-order valence-corrected chi connectivity index (χ3v) is 3.74. The van der Waals surface area contributed by atoms with Crippen molar-refractivity contribution < 1.29 is 0 Å². The standard InChI is InChI=1S/C16H19BrN2/c1-3-12-4-6-13(7-5-12)16(19-18)14-8-11(2)9-15(17)10-14/h4-10,16,19H,3,18H2,1-2H3. The molecule has 3 heteroatoms. The summed E-state index contributed by atoms with van der Waals surface area (Å²) in [5, 5.41) is 0. The van der Waals surface area contributed by atoms with Crippen LogP contribution >= 0.6 is 15.9 Å². The number of hydrogen-bond donors (Lipinski definition) is 2. The van der Waals surface area contributed by atoms with Gasteiger partial charge < -0.3 is 0 Å². The average Bonchev–Trinajstić information content (AvgIpc) is 2.39. The van der Waals surface area contributed by atoms with Crippen LogP contribution in [-0.4, -0.2) is 0 Å². The van der Waals surface area contributed by atoms with Gasteiger partial charge in [0, 0.05) is 4.47 Å². The second-order valence-corrected chi connectivity index (χ2v) is 5.67. The molecule has 2 aromatic rings. The molecule has 19 heavy (non-hydrogen) atoms. The Bertz CT molecular complexity index is 529. The van der Waals surface area contributed by atoms with E-state index in [1.165, 1.54) is 22.3 Å². The van der Waals surface area contributed by atoms with Gasteiger partial charge >= 0.3 is 0 Å². The fourth-order valence-corrected chi connectivity index (χ4v) is 2.89. The summed E-state index contributed by atoms with van der Waals surface area (Å²) in [4.78, 5) is 0. The maximum absolute atomic E-state index is 5.74. The molecule has 2 aromatic carbocycles. The first-order valence-electron chi connectivity index (χ1n) is 6.46. The van der Waals surface area contributed by atoms with E-state index in [9.17, 15) is 0 Å². The lowest BCUT2D eigenvalue weighted by molar-refractivity contribution is 0.636. The lowest BCUT2D eigenvalue weighted by Crippen LogP contribution is -2.28. The predicted molar refractivity (Wildman–Crippen MR) is 83.9 cm³/mol. The molecule has 0 aromatic heterocycles. The summed E-state index contributed by atoms with van der Waals surface area (Å²) in [6.07, 6.45) is 1.05. The van der Waals surface area contributed by atoms with E-state index in [1.54, 1.807) is 0 Å². The number of nitrogens with one attached hydrogen (secondary N) is 1. The number of hydrogen-bond acceptors (Lipinski definition) is 2. The minimum Gasteiger partial charge on any atom is -0.271 e. The number of rotatable bonds is 4. The molecular formula is C16H19BrN2. The zero-order chi connectivity index (χ0) is 13.8. The third-order valence-electron chi connectivity index (χ3n) is 3.29. The molecule has 100 valence electrons. The fourth-order valence-electron chi connectivity index (χ4n) is 2.26. The second kappa shape index (κ2) is 6.33. The highest BCUT2D eigenvalue weighted by Gasteiger charge is 2.13. The Kier molecular flexibility index (Phi) is 4.75. The van der Waals surface area contributed by atoms with Crippen molar-refractivity contribution in [3.8, 4) is 0 Å². The Labute approximate surface area is 123 Å². The number of aryl methyl sites for hydroxylation is 2. The van der Waals surface area contributed by atoms with Crippen LogP contribution in [-0.2, 0) is 6.42 Å². The maximum Gasteiger partial charge on any atom is 0.0710 e. The topological polar surface area (TPSA) is 38.0 Å². The first kappa shape index (κ1) is 14.3. The van der Waals surface area contributed by atoms with Crippen molar-refractivity contribution in [3.63, 3.8) is 0 Å². The van der Waals surface area contributed by atoms with Gasteiger partial charge in [-0.3, -0.25) is 5.84 Å². The van der Waals surface area contributed by atoms with E-state index in [4.69, 9.17) is 5.84 Å². The van der Waals surface area contributed by atoms with Crippen molar-refractivity contribution in [2.75, 3.05) is 0 Å². The smallest absolute Gasteiger partial charge is 0.0710 e. The molecule has 2 rings (SSSR count). The first-order chi connectivity index (χ1) is 9.13. The molecule has 0 bridgehead atoms. The Morgan fingerprint density at radius 3 is 2.32 bits per heavy atom. The van der Waals surface area contributed by atoms with Gasteiger partial charge in [0.15, 0.2) is 0 Å². The summed E-state index contributed by atoms with van der Waals surface area (Å²) >= 11 is 3.54. The molecule has 1 atom stereocenters. The average molecular weight is 319 g/mol. The van der Waals surface area contributed by atoms with Crippen LogP contribution < -0.4 is 11.3 Å². The maximum atomic E-state index is 5.74. The van der Waals surface area contributed by atoms with Crippen molar-refractivity contribution in [1.29, 1.82) is 0 Å². The summed E-state index contributed by atoms with van der Waals surface area (Å²) in [6.45, 7) is 4.24. The molecule has 0 spiro atoms. The van der Waals surface area contributed by atoms with Crippen LogP contribution in [0.4, 0.5) is 0 Å². The van der Waals surface area contributed by atoms with Gasteiger partial charge in [0.1, 0.15) is 0 Å². The van der Waals surface area contributed by atoms with Crippen molar-refractivity contribution in [1.82, 2.24) is 5.43 Å². The molecule has 0 aliphatic rings. The van der Waals surface area contributed by atoms with E-state index in [0.717, 1.165) is 10.9 Å². The molecule has 2 nitrogen and oxygen atoms in total. The zero-order valence-electron chi connectivity index (χ0n) is 11.3. The Hall–Kier alpha value is -1.16. The van der Waals surface area contributed by atoms with Crippen molar-refractivity contribution >= 4 is 15.9 Å². The summed E-state index contributed by atoms with van der Waals surface area (Å²) in [7, 11) is 0. The Balaban J connectivity index is 2.37. The molecule has 1 unspecified atom stereocenters. The minimum absolute atomic E-state index is 0.0158. The summed E-state index contributed by atoms with van der Waals surface area (Å²) in [6, 6.07) is 15.0. The van der Waals surface area contributed by atoms with Crippen LogP contribution in [0.1, 0.15) is 35.2 Å². The minimum atomic E-state index is 0.0158. The summed E-state index contributed by atoms with van der Waals surface area (Å²) < 4.78 is 1.08. The number of nitrogens with two attached hydrogens (primary N) is 1. The van der Waals surface area contributed by atoms with Gasteiger partial charge in [0.05, 0.1) is 6.04 Å². The quantitative estimate of drug-likeness (QED) is 0.663. The van der Waals surface area contributed by atoms with E-state index in [2.05, 4.69) is 77.7 Å². The normalized spacial score (nSPS) is 12.4. The van der Waals surface area contributed by atoms with Gasteiger partial charge in [-0.2, -0.15) is 0 Å². The van der Waals surface area contributed by atoms with Crippen LogP contribution in [0.5, 0.6) is 0 Å². The number of benzene rings is 2. The molecule has 0 amide bonds. The zero-order valence-corrected chi connectivity index (χ0v) is 12.9.